The first kappa shape index (κ1) is 18.5. The van der Waals surface area contributed by atoms with E-state index in [4.69, 9.17) is 9.47 Å². The van der Waals surface area contributed by atoms with Gasteiger partial charge in [-0.15, -0.1) is 0 Å². The fraction of sp³-hybridized carbons (Fsp3) is 0.292. The third-order valence-corrected chi connectivity index (χ3v) is 5.17. The van der Waals surface area contributed by atoms with Crippen molar-refractivity contribution in [2.75, 3.05) is 27.3 Å². The van der Waals surface area contributed by atoms with Crippen LogP contribution in [0.3, 0.4) is 0 Å². The SMILES string of the molecule is CN(C)C(=O)c1ccc(-c2c(OCC3CCCO3)ccc3ccccc23)cc1. The summed E-state index contributed by atoms with van der Waals surface area (Å²) >= 11 is 0. The molecule has 1 amide bonds. The number of nitrogens with zero attached hydrogens (tertiary/aromatic N) is 1. The Morgan fingerprint density at radius 1 is 1.07 bits per heavy atom. The van der Waals surface area contributed by atoms with E-state index in [0.29, 0.717) is 12.2 Å². The molecule has 0 saturated carbocycles. The number of hydrogen-bond acceptors (Lipinski definition) is 3. The topological polar surface area (TPSA) is 38.8 Å². The van der Waals surface area contributed by atoms with E-state index in [1.54, 1.807) is 19.0 Å². The quantitative estimate of drug-likeness (QED) is 0.645. The van der Waals surface area contributed by atoms with Gasteiger partial charge in [0, 0.05) is 31.8 Å². The van der Waals surface area contributed by atoms with Crippen molar-refractivity contribution < 1.29 is 14.3 Å². The van der Waals surface area contributed by atoms with Crippen LogP contribution >= 0.6 is 0 Å². The molecule has 0 spiro atoms. The molecule has 4 heteroatoms. The molecule has 4 nitrogen and oxygen atoms in total. The first-order chi connectivity index (χ1) is 13.6. The molecular formula is C24H25NO3. The third kappa shape index (κ3) is 3.73. The standard InChI is InChI=1S/C24H25NO3/c1-25(2)24(26)19-11-9-18(10-12-19)23-21-8-4-3-6-17(21)13-14-22(23)28-16-20-7-5-15-27-20/h3-4,6,8-14,20H,5,7,15-16H2,1-2H3. The Labute approximate surface area is 165 Å². The van der Waals surface area contributed by atoms with E-state index in [1.807, 2.05) is 42.5 Å². The summed E-state index contributed by atoms with van der Waals surface area (Å²) in [5, 5.41) is 2.30. The summed E-state index contributed by atoms with van der Waals surface area (Å²) in [4.78, 5) is 13.8. The summed E-state index contributed by atoms with van der Waals surface area (Å²) in [5.41, 5.74) is 2.77. The molecule has 144 valence electrons. The highest BCUT2D eigenvalue weighted by Gasteiger charge is 2.18. The zero-order valence-electron chi connectivity index (χ0n) is 16.4. The predicted octanol–water partition coefficient (Wildman–Crippen LogP) is 4.77. The van der Waals surface area contributed by atoms with Crippen molar-refractivity contribution in [3.8, 4) is 16.9 Å². The minimum atomic E-state index is -0.000625. The number of hydrogen-bond donors (Lipinski definition) is 0. The van der Waals surface area contributed by atoms with Crippen molar-refractivity contribution in [2.24, 2.45) is 0 Å². The number of benzene rings is 3. The van der Waals surface area contributed by atoms with Gasteiger partial charge in [-0.2, -0.15) is 0 Å². The molecule has 1 aliphatic rings. The highest BCUT2D eigenvalue weighted by molar-refractivity contribution is 6.00. The largest absolute Gasteiger partial charge is 0.490 e. The smallest absolute Gasteiger partial charge is 0.253 e. The molecule has 1 saturated heterocycles. The molecule has 0 radical (unpaired) electrons. The summed E-state index contributed by atoms with van der Waals surface area (Å²) in [7, 11) is 3.52. The molecule has 0 bridgehead atoms. The number of ether oxygens (including phenoxy) is 2. The second kappa shape index (κ2) is 8.03. The van der Waals surface area contributed by atoms with Crippen LogP contribution in [0, 0.1) is 0 Å². The monoisotopic (exact) mass is 375 g/mol. The van der Waals surface area contributed by atoms with Crippen LogP contribution in [0.15, 0.2) is 60.7 Å². The summed E-state index contributed by atoms with van der Waals surface area (Å²) in [5.74, 6) is 0.847. The van der Waals surface area contributed by atoms with Crippen LogP contribution in [-0.2, 0) is 4.74 Å². The van der Waals surface area contributed by atoms with Gasteiger partial charge >= 0.3 is 0 Å². The van der Waals surface area contributed by atoms with Crippen molar-refractivity contribution in [3.63, 3.8) is 0 Å². The summed E-state index contributed by atoms with van der Waals surface area (Å²) < 4.78 is 11.9. The van der Waals surface area contributed by atoms with Crippen molar-refractivity contribution in [1.29, 1.82) is 0 Å². The highest BCUT2D eigenvalue weighted by Crippen LogP contribution is 2.37. The molecular weight excluding hydrogens is 350 g/mol. The van der Waals surface area contributed by atoms with Crippen LogP contribution < -0.4 is 4.74 Å². The minimum absolute atomic E-state index is 0.000625. The Morgan fingerprint density at radius 2 is 1.86 bits per heavy atom. The van der Waals surface area contributed by atoms with Crippen LogP contribution in [-0.4, -0.2) is 44.2 Å². The molecule has 1 fully saturated rings. The number of carbonyl (C=O) groups excluding carboxylic acids is 1. The molecule has 1 heterocycles. The summed E-state index contributed by atoms with van der Waals surface area (Å²) in [6.07, 6.45) is 2.31. The van der Waals surface area contributed by atoms with Gasteiger partial charge in [-0.25, -0.2) is 0 Å². The lowest BCUT2D eigenvalue weighted by Gasteiger charge is -2.17. The second-order valence-electron chi connectivity index (χ2n) is 7.38. The van der Waals surface area contributed by atoms with Crippen LogP contribution in [0.4, 0.5) is 0 Å². The first-order valence-electron chi connectivity index (χ1n) is 9.72. The van der Waals surface area contributed by atoms with Gasteiger partial charge in [0.25, 0.3) is 5.91 Å². The van der Waals surface area contributed by atoms with E-state index in [1.165, 1.54) is 0 Å². The Hall–Kier alpha value is -2.85. The lowest BCUT2D eigenvalue weighted by molar-refractivity contribution is 0.0682. The Kier molecular flexibility index (Phi) is 5.31. The van der Waals surface area contributed by atoms with Gasteiger partial charge in [0.2, 0.25) is 0 Å². The number of amides is 1. The van der Waals surface area contributed by atoms with Gasteiger partial charge in [0.1, 0.15) is 12.4 Å². The summed E-state index contributed by atoms with van der Waals surface area (Å²) in [6, 6.07) is 20.2. The maximum Gasteiger partial charge on any atom is 0.253 e. The van der Waals surface area contributed by atoms with Gasteiger partial charge in [-0.05, 0) is 47.4 Å². The molecule has 28 heavy (non-hydrogen) atoms. The van der Waals surface area contributed by atoms with Gasteiger partial charge in [-0.3, -0.25) is 4.79 Å². The van der Waals surface area contributed by atoms with Gasteiger partial charge in [0.15, 0.2) is 0 Å². The third-order valence-electron chi connectivity index (χ3n) is 5.17. The second-order valence-corrected chi connectivity index (χ2v) is 7.38. The van der Waals surface area contributed by atoms with Crippen molar-refractivity contribution >= 4 is 16.7 Å². The maximum absolute atomic E-state index is 12.2. The van der Waals surface area contributed by atoms with E-state index in [-0.39, 0.29) is 12.0 Å². The zero-order valence-corrected chi connectivity index (χ0v) is 16.4. The molecule has 1 atom stereocenters. The van der Waals surface area contributed by atoms with Crippen LogP contribution in [0.2, 0.25) is 0 Å². The first-order valence-corrected chi connectivity index (χ1v) is 9.72. The molecule has 0 aromatic heterocycles. The average Bonchev–Trinajstić information content (AvgIpc) is 3.25. The van der Waals surface area contributed by atoms with Crippen LogP contribution in [0.25, 0.3) is 21.9 Å². The normalized spacial score (nSPS) is 16.3. The molecule has 0 N–H and O–H groups in total. The molecule has 0 aliphatic carbocycles. The predicted molar refractivity (Wildman–Crippen MR) is 112 cm³/mol. The van der Waals surface area contributed by atoms with Gasteiger partial charge in [-0.1, -0.05) is 42.5 Å². The Bertz CT molecular complexity index is 973. The zero-order chi connectivity index (χ0) is 19.5. The minimum Gasteiger partial charge on any atom is -0.490 e. The lowest BCUT2D eigenvalue weighted by atomic mass is 9.96. The molecule has 4 rings (SSSR count). The molecule has 1 aliphatic heterocycles. The fourth-order valence-corrected chi connectivity index (χ4v) is 3.67. The average molecular weight is 375 g/mol. The lowest BCUT2D eigenvalue weighted by Crippen LogP contribution is -2.21. The Morgan fingerprint density at radius 3 is 2.57 bits per heavy atom. The van der Waals surface area contributed by atoms with Gasteiger partial charge in [0.05, 0.1) is 6.10 Å². The number of carbonyl (C=O) groups is 1. The van der Waals surface area contributed by atoms with E-state index in [9.17, 15) is 4.79 Å². The van der Waals surface area contributed by atoms with Crippen LogP contribution in [0.1, 0.15) is 23.2 Å². The number of fused-ring (bicyclic) bond motifs is 1. The molecule has 3 aromatic rings. The number of rotatable bonds is 5. The van der Waals surface area contributed by atoms with E-state index in [0.717, 1.165) is 47.1 Å². The molecule has 3 aromatic carbocycles. The maximum atomic E-state index is 12.2. The fourth-order valence-electron chi connectivity index (χ4n) is 3.67. The van der Waals surface area contributed by atoms with Crippen LogP contribution in [0.5, 0.6) is 5.75 Å². The van der Waals surface area contributed by atoms with E-state index in [2.05, 4.69) is 18.2 Å². The molecule has 1 unspecified atom stereocenters. The van der Waals surface area contributed by atoms with E-state index < -0.39 is 0 Å². The van der Waals surface area contributed by atoms with E-state index >= 15 is 0 Å². The highest BCUT2D eigenvalue weighted by atomic mass is 16.5. The van der Waals surface area contributed by atoms with Gasteiger partial charge < -0.3 is 14.4 Å². The van der Waals surface area contributed by atoms with Crippen molar-refractivity contribution in [1.82, 2.24) is 4.90 Å². The Balaban J connectivity index is 1.72. The van der Waals surface area contributed by atoms with Crippen molar-refractivity contribution in [3.05, 3.63) is 66.2 Å². The summed E-state index contributed by atoms with van der Waals surface area (Å²) in [6.45, 7) is 1.38. The van der Waals surface area contributed by atoms with Crippen molar-refractivity contribution in [2.45, 2.75) is 18.9 Å².